The van der Waals surface area contributed by atoms with Gasteiger partial charge in [-0.2, -0.15) is 13.2 Å². The van der Waals surface area contributed by atoms with E-state index in [0.29, 0.717) is 15.0 Å². The SMILES string of the molecule is COc1ccccc1C(=O)NCCn1nc(C(F)(F)F)n(C)c1=O. The molecule has 0 spiro atoms. The first-order chi connectivity index (χ1) is 11.3. The molecule has 1 N–H and O–H groups in total. The van der Waals surface area contributed by atoms with Crippen LogP contribution in [0.2, 0.25) is 0 Å². The number of alkyl halides is 3. The molecular formula is C14H15F3N4O3. The Labute approximate surface area is 134 Å². The highest BCUT2D eigenvalue weighted by atomic mass is 19.4. The lowest BCUT2D eigenvalue weighted by Gasteiger charge is -2.08. The third-order valence-electron chi connectivity index (χ3n) is 3.26. The normalized spacial score (nSPS) is 11.4. The Hall–Kier alpha value is -2.78. The van der Waals surface area contributed by atoms with Gasteiger partial charge in [0.05, 0.1) is 19.2 Å². The Kier molecular flexibility index (Phi) is 4.96. The van der Waals surface area contributed by atoms with Crippen LogP contribution in [0.1, 0.15) is 16.2 Å². The van der Waals surface area contributed by atoms with E-state index in [1.54, 1.807) is 24.3 Å². The van der Waals surface area contributed by atoms with Crippen LogP contribution in [-0.2, 0) is 19.8 Å². The number of halogens is 3. The number of aromatic nitrogens is 3. The average molecular weight is 344 g/mol. The Balaban J connectivity index is 2.05. The van der Waals surface area contributed by atoms with Crippen molar-refractivity contribution < 1.29 is 22.7 Å². The summed E-state index contributed by atoms with van der Waals surface area (Å²) in [5, 5.41) is 5.76. The molecule has 0 bridgehead atoms. The number of ether oxygens (including phenoxy) is 1. The molecule has 1 aromatic carbocycles. The first-order valence-electron chi connectivity index (χ1n) is 6.88. The highest BCUT2D eigenvalue weighted by Crippen LogP contribution is 2.25. The van der Waals surface area contributed by atoms with Crippen LogP contribution in [0.5, 0.6) is 5.75 Å². The predicted octanol–water partition coefficient (Wildman–Crippen LogP) is 1.04. The number of carbonyl (C=O) groups is 1. The van der Waals surface area contributed by atoms with Crippen molar-refractivity contribution in [2.24, 2.45) is 7.05 Å². The minimum atomic E-state index is -4.72. The van der Waals surface area contributed by atoms with Crippen molar-refractivity contribution in [3.8, 4) is 5.75 Å². The van der Waals surface area contributed by atoms with Gasteiger partial charge in [0.25, 0.3) is 5.91 Å². The van der Waals surface area contributed by atoms with Crippen LogP contribution in [0.15, 0.2) is 29.1 Å². The summed E-state index contributed by atoms with van der Waals surface area (Å²) in [6, 6.07) is 6.49. The smallest absolute Gasteiger partial charge is 0.451 e. The van der Waals surface area contributed by atoms with Crippen LogP contribution in [0.3, 0.4) is 0 Å². The number of hydrogen-bond donors (Lipinski definition) is 1. The zero-order valence-corrected chi connectivity index (χ0v) is 12.9. The van der Waals surface area contributed by atoms with Crippen molar-refractivity contribution in [2.75, 3.05) is 13.7 Å². The summed E-state index contributed by atoms with van der Waals surface area (Å²) in [6.07, 6.45) is -4.72. The minimum absolute atomic E-state index is 0.0644. The van der Waals surface area contributed by atoms with Gasteiger partial charge in [-0.05, 0) is 12.1 Å². The van der Waals surface area contributed by atoms with Crippen molar-refractivity contribution in [1.82, 2.24) is 19.7 Å². The highest BCUT2D eigenvalue weighted by Gasteiger charge is 2.37. The van der Waals surface area contributed by atoms with Crippen LogP contribution in [0.25, 0.3) is 0 Å². The number of benzene rings is 1. The summed E-state index contributed by atoms with van der Waals surface area (Å²) in [7, 11) is 2.40. The van der Waals surface area contributed by atoms with E-state index in [1.165, 1.54) is 7.11 Å². The Morgan fingerprint density at radius 3 is 2.58 bits per heavy atom. The van der Waals surface area contributed by atoms with E-state index in [9.17, 15) is 22.8 Å². The molecule has 0 atom stereocenters. The Morgan fingerprint density at radius 1 is 1.33 bits per heavy atom. The van der Waals surface area contributed by atoms with Gasteiger partial charge in [0.2, 0.25) is 5.82 Å². The van der Waals surface area contributed by atoms with Gasteiger partial charge < -0.3 is 10.1 Å². The zero-order chi connectivity index (χ0) is 17.9. The van der Waals surface area contributed by atoms with Gasteiger partial charge in [0.15, 0.2) is 0 Å². The Bertz CT molecular complexity index is 795. The van der Waals surface area contributed by atoms with Gasteiger partial charge in [-0.15, -0.1) is 5.10 Å². The van der Waals surface area contributed by atoms with Crippen LogP contribution in [0, 0.1) is 0 Å². The van der Waals surface area contributed by atoms with Crippen LogP contribution < -0.4 is 15.7 Å². The van der Waals surface area contributed by atoms with Crippen molar-refractivity contribution in [1.29, 1.82) is 0 Å². The van der Waals surface area contributed by atoms with E-state index in [4.69, 9.17) is 4.74 Å². The van der Waals surface area contributed by atoms with Gasteiger partial charge >= 0.3 is 11.9 Å². The van der Waals surface area contributed by atoms with Crippen LogP contribution in [0.4, 0.5) is 13.2 Å². The summed E-state index contributed by atoms with van der Waals surface area (Å²) in [5.41, 5.74) is -0.627. The number of methoxy groups -OCH3 is 1. The van der Waals surface area contributed by atoms with Crippen LogP contribution >= 0.6 is 0 Å². The van der Waals surface area contributed by atoms with Crippen molar-refractivity contribution in [3.05, 3.63) is 46.1 Å². The quantitative estimate of drug-likeness (QED) is 0.879. The molecule has 1 heterocycles. The van der Waals surface area contributed by atoms with Crippen molar-refractivity contribution >= 4 is 5.91 Å². The van der Waals surface area contributed by atoms with E-state index >= 15 is 0 Å². The lowest BCUT2D eigenvalue weighted by Crippen LogP contribution is -2.32. The minimum Gasteiger partial charge on any atom is -0.496 e. The fourth-order valence-electron chi connectivity index (χ4n) is 2.08. The average Bonchev–Trinajstić information content (AvgIpc) is 2.83. The third kappa shape index (κ3) is 3.58. The van der Waals surface area contributed by atoms with Crippen molar-refractivity contribution in [2.45, 2.75) is 12.7 Å². The van der Waals surface area contributed by atoms with Gasteiger partial charge in [-0.1, -0.05) is 12.1 Å². The maximum Gasteiger partial charge on any atom is 0.451 e. The van der Waals surface area contributed by atoms with Gasteiger partial charge in [-0.25, -0.2) is 9.48 Å². The second kappa shape index (κ2) is 6.77. The molecule has 0 aliphatic heterocycles. The molecule has 10 heteroatoms. The molecule has 1 amide bonds. The van der Waals surface area contributed by atoms with Gasteiger partial charge in [-0.3, -0.25) is 9.36 Å². The second-order valence-electron chi connectivity index (χ2n) is 4.84. The summed E-state index contributed by atoms with van der Waals surface area (Å²) >= 11 is 0. The summed E-state index contributed by atoms with van der Waals surface area (Å²) in [6.45, 7) is -0.255. The number of hydrogen-bond acceptors (Lipinski definition) is 4. The number of carbonyl (C=O) groups excluding carboxylic acids is 1. The molecule has 2 rings (SSSR count). The predicted molar refractivity (Wildman–Crippen MR) is 77.8 cm³/mol. The number of rotatable bonds is 5. The number of nitrogens with zero attached hydrogens (tertiary/aromatic N) is 3. The van der Waals surface area contributed by atoms with Crippen molar-refractivity contribution in [3.63, 3.8) is 0 Å². The summed E-state index contributed by atoms with van der Waals surface area (Å²) < 4.78 is 44.2. The molecule has 0 unspecified atom stereocenters. The van der Waals surface area contributed by atoms with Gasteiger partial charge in [0, 0.05) is 13.6 Å². The molecule has 0 fully saturated rings. The molecule has 0 aliphatic carbocycles. The molecule has 130 valence electrons. The first-order valence-corrected chi connectivity index (χ1v) is 6.88. The van der Waals surface area contributed by atoms with E-state index < -0.39 is 23.6 Å². The number of para-hydroxylation sites is 1. The third-order valence-corrected chi connectivity index (χ3v) is 3.26. The van der Waals surface area contributed by atoms with E-state index in [-0.39, 0.29) is 18.7 Å². The molecule has 0 aliphatic rings. The lowest BCUT2D eigenvalue weighted by molar-refractivity contribution is -0.147. The molecule has 0 saturated heterocycles. The summed E-state index contributed by atoms with van der Waals surface area (Å²) in [4.78, 5) is 23.8. The second-order valence-corrected chi connectivity index (χ2v) is 4.84. The van der Waals surface area contributed by atoms with E-state index in [2.05, 4.69) is 10.4 Å². The first kappa shape index (κ1) is 17.6. The fourth-order valence-corrected chi connectivity index (χ4v) is 2.08. The molecular weight excluding hydrogens is 329 g/mol. The molecule has 0 radical (unpaired) electrons. The largest absolute Gasteiger partial charge is 0.496 e. The fraction of sp³-hybridized carbons (Fsp3) is 0.357. The molecule has 1 aromatic heterocycles. The lowest BCUT2D eigenvalue weighted by atomic mass is 10.2. The standard InChI is InChI=1S/C14H15F3N4O3/c1-20-12(14(15,16)17)19-21(13(20)23)8-7-18-11(22)9-5-3-4-6-10(9)24-2/h3-6H,7-8H2,1-2H3,(H,18,22). The Morgan fingerprint density at radius 2 is 2.00 bits per heavy atom. The summed E-state index contributed by atoms with van der Waals surface area (Å²) in [5.74, 6) is -1.39. The molecule has 0 saturated carbocycles. The number of amides is 1. The maximum atomic E-state index is 12.7. The van der Waals surface area contributed by atoms with E-state index in [1.807, 2.05) is 0 Å². The van der Waals surface area contributed by atoms with E-state index in [0.717, 1.165) is 7.05 Å². The molecule has 24 heavy (non-hydrogen) atoms. The monoisotopic (exact) mass is 344 g/mol. The molecule has 2 aromatic rings. The molecule has 7 nitrogen and oxygen atoms in total. The van der Waals surface area contributed by atoms with Crippen LogP contribution in [-0.4, -0.2) is 33.9 Å². The number of nitrogens with one attached hydrogen (secondary N) is 1. The highest BCUT2D eigenvalue weighted by molar-refractivity contribution is 5.96. The topological polar surface area (TPSA) is 78.2 Å². The zero-order valence-electron chi connectivity index (χ0n) is 12.9. The van der Waals surface area contributed by atoms with Gasteiger partial charge in [0.1, 0.15) is 5.75 Å². The maximum absolute atomic E-state index is 12.7.